The highest BCUT2D eigenvalue weighted by molar-refractivity contribution is 6.04. The largest absolute Gasteiger partial charge is 0.384 e. The van der Waals surface area contributed by atoms with Crippen LogP contribution in [0.4, 0.5) is 5.69 Å². The van der Waals surface area contributed by atoms with Crippen LogP contribution >= 0.6 is 0 Å². The first-order valence-corrected chi connectivity index (χ1v) is 6.54. The van der Waals surface area contributed by atoms with Crippen LogP contribution in [0.25, 0.3) is 0 Å². The second kappa shape index (κ2) is 6.69. The molecule has 4 nitrogen and oxygen atoms in total. The van der Waals surface area contributed by atoms with Crippen LogP contribution < -0.4 is 5.32 Å². The highest BCUT2D eigenvalue weighted by Crippen LogP contribution is 2.13. The van der Waals surface area contributed by atoms with Gasteiger partial charge in [0.05, 0.1) is 11.9 Å². The number of hydrogen-bond donors (Lipinski definition) is 2. The standard InChI is InChI=1S/C17H16N2O2/c1-12-5-7-15(10-14(12)4-3-9-20)17(21)19-16-8-6-13(2)18-11-16/h5-8,10-11,20H,9H2,1-2H3,(H,19,21). The summed E-state index contributed by atoms with van der Waals surface area (Å²) < 4.78 is 0. The lowest BCUT2D eigenvalue weighted by Gasteiger charge is -2.07. The third kappa shape index (κ3) is 3.91. The Hall–Kier alpha value is -2.64. The molecule has 1 amide bonds. The zero-order chi connectivity index (χ0) is 15.2. The van der Waals surface area contributed by atoms with Gasteiger partial charge in [0, 0.05) is 16.8 Å². The molecule has 0 saturated carbocycles. The Bertz CT molecular complexity index is 710. The van der Waals surface area contributed by atoms with Crippen molar-refractivity contribution in [2.75, 3.05) is 11.9 Å². The van der Waals surface area contributed by atoms with Crippen LogP contribution in [0.3, 0.4) is 0 Å². The van der Waals surface area contributed by atoms with Gasteiger partial charge in [-0.25, -0.2) is 0 Å². The summed E-state index contributed by atoms with van der Waals surface area (Å²) >= 11 is 0. The van der Waals surface area contributed by atoms with Gasteiger partial charge >= 0.3 is 0 Å². The van der Waals surface area contributed by atoms with Crippen LogP contribution in [0.15, 0.2) is 36.5 Å². The number of aromatic nitrogens is 1. The van der Waals surface area contributed by atoms with E-state index in [4.69, 9.17) is 5.11 Å². The normalized spacial score (nSPS) is 9.67. The number of hydrogen-bond acceptors (Lipinski definition) is 3. The fraction of sp³-hybridized carbons (Fsp3) is 0.176. The Morgan fingerprint density at radius 1 is 1.29 bits per heavy atom. The number of carbonyl (C=O) groups excluding carboxylic acids is 1. The summed E-state index contributed by atoms with van der Waals surface area (Å²) in [7, 11) is 0. The lowest BCUT2D eigenvalue weighted by atomic mass is 10.0. The SMILES string of the molecule is Cc1ccc(NC(=O)c2ccc(C)c(C#CCO)c2)cn1. The third-order valence-electron chi connectivity index (χ3n) is 2.97. The van der Waals surface area contributed by atoms with Gasteiger partial charge in [0.2, 0.25) is 0 Å². The molecule has 0 fully saturated rings. The van der Waals surface area contributed by atoms with Gasteiger partial charge in [-0.15, -0.1) is 0 Å². The predicted octanol–water partition coefficient (Wildman–Crippen LogP) is 2.29. The predicted molar refractivity (Wildman–Crippen MR) is 82.1 cm³/mol. The number of carbonyl (C=O) groups is 1. The van der Waals surface area contributed by atoms with Crippen LogP contribution in [-0.4, -0.2) is 22.6 Å². The van der Waals surface area contributed by atoms with E-state index in [9.17, 15) is 4.79 Å². The molecule has 1 heterocycles. The maximum atomic E-state index is 12.2. The number of aliphatic hydroxyl groups is 1. The third-order valence-corrected chi connectivity index (χ3v) is 2.97. The number of benzene rings is 1. The lowest BCUT2D eigenvalue weighted by Crippen LogP contribution is -2.12. The highest BCUT2D eigenvalue weighted by atomic mass is 16.2. The van der Waals surface area contributed by atoms with E-state index in [0.29, 0.717) is 11.3 Å². The summed E-state index contributed by atoms with van der Waals surface area (Å²) in [6.45, 7) is 3.59. The van der Waals surface area contributed by atoms with E-state index in [1.807, 2.05) is 26.0 Å². The average molecular weight is 280 g/mol. The number of aryl methyl sites for hydroxylation is 2. The van der Waals surface area contributed by atoms with E-state index in [-0.39, 0.29) is 12.5 Å². The van der Waals surface area contributed by atoms with Crippen molar-refractivity contribution in [3.63, 3.8) is 0 Å². The topological polar surface area (TPSA) is 62.2 Å². The highest BCUT2D eigenvalue weighted by Gasteiger charge is 2.08. The molecule has 0 aliphatic rings. The van der Waals surface area contributed by atoms with Gasteiger partial charge in [-0.2, -0.15) is 0 Å². The van der Waals surface area contributed by atoms with Crippen molar-refractivity contribution in [2.45, 2.75) is 13.8 Å². The number of pyridine rings is 1. The van der Waals surface area contributed by atoms with Crippen molar-refractivity contribution < 1.29 is 9.90 Å². The van der Waals surface area contributed by atoms with Crippen LogP contribution in [0.1, 0.15) is 27.2 Å². The molecule has 0 atom stereocenters. The van der Waals surface area contributed by atoms with Gasteiger partial charge in [0.1, 0.15) is 6.61 Å². The van der Waals surface area contributed by atoms with E-state index in [1.165, 1.54) is 0 Å². The minimum absolute atomic E-state index is 0.203. The van der Waals surface area contributed by atoms with Crippen LogP contribution in [0.2, 0.25) is 0 Å². The summed E-state index contributed by atoms with van der Waals surface area (Å²) in [4.78, 5) is 16.3. The molecule has 0 spiro atoms. The van der Waals surface area contributed by atoms with Crippen molar-refractivity contribution in [3.8, 4) is 11.8 Å². The summed E-state index contributed by atoms with van der Waals surface area (Å²) in [5.41, 5.74) is 3.76. The quantitative estimate of drug-likeness (QED) is 0.830. The van der Waals surface area contributed by atoms with Crippen molar-refractivity contribution in [3.05, 3.63) is 58.9 Å². The first-order chi connectivity index (χ1) is 10.1. The van der Waals surface area contributed by atoms with Gasteiger partial charge in [0.15, 0.2) is 0 Å². The van der Waals surface area contributed by atoms with Crippen molar-refractivity contribution >= 4 is 11.6 Å². The number of nitrogens with zero attached hydrogens (tertiary/aromatic N) is 1. The van der Waals surface area contributed by atoms with Crippen LogP contribution in [-0.2, 0) is 0 Å². The van der Waals surface area contributed by atoms with Crippen molar-refractivity contribution in [1.82, 2.24) is 4.98 Å². The monoisotopic (exact) mass is 280 g/mol. The van der Waals surface area contributed by atoms with Gasteiger partial charge in [-0.05, 0) is 43.7 Å². The van der Waals surface area contributed by atoms with Gasteiger partial charge < -0.3 is 10.4 Å². The van der Waals surface area contributed by atoms with E-state index >= 15 is 0 Å². The van der Waals surface area contributed by atoms with Crippen LogP contribution in [0, 0.1) is 25.7 Å². The van der Waals surface area contributed by atoms with Gasteiger partial charge in [0.25, 0.3) is 5.91 Å². The Morgan fingerprint density at radius 2 is 2.10 bits per heavy atom. The molecule has 0 saturated heterocycles. The second-order valence-electron chi connectivity index (χ2n) is 4.63. The molecule has 2 aromatic rings. The second-order valence-corrected chi connectivity index (χ2v) is 4.63. The van der Waals surface area contributed by atoms with E-state index in [2.05, 4.69) is 22.1 Å². The Kier molecular flexibility index (Phi) is 4.70. The van der Waals surface area contributed by atoms with E-state index in [0.717, 1.165) is 16.8 Å². The maximum Gasteiger partial charge on any atom is 0.255 e. The average Bonchev–Trinajstić information content (AvgIpc) is 2.48. The van der Waals surface area contributed by atoms with Gasteiger partial charge in [-0.1, -0.05) is 17.9 Å². The van der Waals surface area contributed by atoms with E-state index < -0.39 is 0 Å². The van der Waals surface area contributed by atoms with Crippen molar-refractivity contribution in [2.24, 2.45) is 0 Å². The zero-order valence-electron chi connectivity index (χ0n) is 12.0. The fourth-order valence-corrected chi connectivity index (χ4v) is 1.78. The van der Waals surface area contributed by atoms with E-state index in [1.54, 1.807) is 24.4 Å². The zero-order valence-corrected chi connectivity index (χ0v) is 12.0. The van der Waals surface area contributed by atoms with Crippen molar-refractivity contribution in [1.29, 1.82) is 0 Å². The Balaban J connectivity index is 2.21. The van der Waals surface area contributed by atoms with Crippen LogP contribution in [0.5, 0.6) is 0 Å². The Morgan fingerprint density at radius 3 is 2.76 bits per heavy atom. The lowest BCUT2D eigenvalue weighted by molar-refractivity contribution is 0.102. The fourth-order valence-electron chi connectivity index (χ4n) is 1.78. The molecule has 0 bridgehead atoms. The molecule has 1 aromatic carbocycles. The molecule has 1 aromatic heterocycles. The molecule has 0 unspecified atom stereocenters. The molecule has 0 aliphatic heterocycles. The first kappa shape index (κ1) is 14.8. The minimum Gasteiger partial charge on any atom is -0.384 e. The number of aliphatic hydroxyl groups excluding tert-OH is 1. The summed E-state index contributed by atoms with van der Waals surface area (Å²) in [5, 5.41) is 11.5. The number of anilines is 1. The molecular formula is C17H16N2O2. The number of nitrogens with one attached hydrogen (secondary N) is 1. The molecular weight excluding hydrogens is 264 g/mol. The first-order valence-electron chi connectivity index (χ1n) is 6.54. The number of rotatable bonds is 2. The molecule has 2 N–H and O–H groups in total. The smallest absolute Gasteiger partial charge is 0.255 e. The van der Waals surface area contributed by atoms with Gasteiger partial charge in [-0.3, -0.25) is 9.78 Å². The maximum absolute atomic E-state index is 12.2. The molecule has 4 heteroatoms. The summed E-state index contributed by atoms with van der Waals surface area (Å²) in [6, 6.07) is 8.94. The number of amides is 1. The molecule has 0 aliphatic carbocycles. The molecule has 2 rings (SSSR count). The summed E-state index contributed by atoms with van der Waals surface area (Å²) in [5.74, 6) is 5.21. The molecule has 21 heavy (non-hydrogen) atoms. The molecule has 0 radical (unpaired) electrons. The molecule has 106 valence electrons. The summed E-state index contributed by atoms with van der Waals surface area (Å²) in [6.07, 6.45) is 1.62. The Labute approximate surface area is 123 Å². The minimum atomic E-state index is -0.215.